The Balaban J connectivity index is 1.65. The molecule has 1 fully saturated rings. The Hall–Kier alpha value is -3.22. The minimum Gasteiger partial charge on any atom is -0.493 e. The zero-order valence-corrected chi connectivity index (χ0v) is 18.8. The van der Waals surface area contributed by atoms with E-state index in [1.807, 2.05) is 32.0 Å². The molecule has 0 saturated carbocycles. The molecular formula is C24H30N2O5. The van der Waals surface area contributed by atoms with E-state index in [0.717, 1.165) is 16.8 Å². The van der Waals surface area contributed by atoms with Crippen LogP contribution in [0.1, 0.15) is 34.3 Å². The molecule has 0 atom stereocenters. The fraction of sp³-hybridized carbons (Fsp3) is 0.417. The number of anilines is 1. The molecule has 1 saturated heterocycles. The summed E-state index contributed by atoms with van der Waals surface area (Å²) < 4.78 is 16.0. The predicted molar refractivity (Wildman–Crippen MR) is 119 cm³/mol. The van der Waals surface area contributed by atoms with Crippen LogP contribution in [0.25, 0.3) is 0 Å². The van der Waals surface area contributed by atoms with Crippen LogP contribution in [-0.2, 0) is 4.79 Å². The fourth-order valence-electron chi connectivity index (χ4n) is 3.92. The highest BCUT2D eigenvalue weighted by Gasteiger charge is 2.29. The van der Waals surface area contributed by atoms with Gasteiger partial charge in [0.05, 0.1) is 21.3 Å². The second kappa shape index (κ2) is 9.73. The number of ether oxygens (including phenoxy) is 3. The van der Waals surface area contributed by atoms with Gasteiger partial charge in [-0.2, -0.15) is 0 Å². The molecule has 1 aliphatic heterocycles. The minimum absolute atomic E-state index is 0.00633. The third-order valence-corrected chi connectivity index (χ3v) is 5.70. The van der Waals surface area contributed by atoms with Gasteiger partial charge in [-0.3, -0.25) is 9.59 Å². The van der Waals surface area contributed by atoms with Gasteiger partial charge in [0.2, 0.25) is 11.7 Å². The molecule has 1 aliphatic rings. The number of benzene rings is 2. The van der Waals surface area contributed by atoms with E-state index in [1.165, 1.54) is 21.3 Å². The van der Waals surface area contributed by atoms with Crippen molar-refractivity contribution in [1.82, 2.24) is 4.90 Å². The quantitative estimate of drug-likeness (QED) is 0.760. The van der Waals surface area contributed by atoms with Gasteiger partial charge >= 0.3 is 0 Å². The maximum absolute atomic E-state index is 13.1. The third kappa shape index (κ3) is 4.93. The van der Waals surface area contributed by atoms with Gasteiger partial charge in [-0.1, -0.05) is 17.7 Å². The fourth-order valence-corrected chi connectivity index (χ4v) is 3.92. The normalized spacial score (nSPS) is 14.2. The predicted octanol–water partition coefficient (Wildman–Crippen LogP) is 3.82. The third-order valence-electron chi connectivity index (χ3n) is 5.70. The first-order valence-electron chi connectivity index (χ1n) is 10.3. The highest BCUT2D eigenvalue weighted by atomic mass is 16.5. The van der Waals surface area contributed by atoms with E-state index in [-0.39, 0.29) is 17.7 Å². The van der Waals surface area contributed by atoms with Gasteiger partial charge < -0.3 is 24.4 Å². The summed E-state index contributed by atoms with van der Waals surface area (Å²) in [7, 11) is 4.56. The van der Waals surface area contributed by atoms with Crippen molar-refractivity contribution >= 4 is 17.5 Å². The summed E-state index contributed by atoms with van der Waals surface area (Å²) in [5.41, 5.74) is 3.51. The summed E-state index contributed by atoms with van der Waals surface area (Å²) in [5, 5.41) is 3.04. The summed E-state index contributed by atoms with van der Waals surface area (Å²) in [6.45, 7) is 5.04. The topological polar surface area (TPSA) is 77.1 Å². The number of carbonyl (C=O) groups is 2. The Morgan fingerprint density at radius 2 is 1.55 bits per heavy atom. The number of methoxy groups -OCH3 is 3. The molecule has 2 aromatic carbocycles. The van der Waals surface area contributed by atoms with Crippen molar-refractivity contribution in [2.45, 2.75) is 26.7 Å². The molecule has 2 aromatic rings. The summed E-state index contributed by atoms with van der Waals surface area (Å²) in [4.78, 5) is 27.5. The lowest BCUT2D eigenvalue weighted by Gasteiger charge is -2.31. The van der Waals surface area contributed by atoms with Crippen LogP contribution in [0.4, 0.5) is 5.69 Å². The highest BCUT2D eigenvalue weighted by Crippen LogP contribution is 2.38. The number of likely N-dealkylation sites (tertiary alicyclic amines) is 1. The number of amides is 2. The van der Waals surface area contributed by atoms with E-state index >= 15 is 0 Å². The first kappa shape index (κ1) is 22.5. The molecule has 0 unspecified atom stereocenters. The van der Waals surface area contributed by atoms with Crippen LogP contribution in [0, 0.1) is 19.8 Å². The van der Waals surface area contributed by atoms with E-state index in [1.54, 1.807) is 17.0 Å². The Morgan fingerprint density at radius 1 is 0.935 bits per heavy atom. The van der Waals surface area contributed by atoms with Crippen molar-refractivity contribution < 1.29 is 23.8 Å². The number of nitrogens with zero attached hydrogens (tertiary/aromatic N) is 1. The van der Waals surface area contributed by atoms with Crippen molar-refractivity contribution in [3.05, 3.63) is 47.0 Å². The number of piperidine rings is 1. The molecule has 3 rings (SSSR count). The lowest BCUT2D eigenvalue weighted by molar-refractivity contribution is -0.121. The second-order valence-corrected chi connectivity index (χ2v) is 7.79. The molecule has 7 heteroatoms. The summed E-state index contributed by atoms with van der Waals surface area (Å²) in [6, 6.07) is 9.28. The molecule has 0 bridgehead atoms. The standard InChI is InChI=1S/C24H30N2O5/c1-15-6-7-19(16(2)12-15)25-23(27)17-8-10-26(11-9-17)24(28)18-13-20(29-3)22(31-5)21(14-18)30-4/h6-7,12-14,17H,8-11H2,1-5H3,(H,25,27). The van der Waals surface area contributed by atoms with E-state index in [4.69, 9.17) is 14.2 Å². The first-order valence-corrected chi connectivity index (χ1v) is 10.3. The lowest BCUT2D eigenvalue weighted by atomic mass is 9.95. The van der Waals surface area contributed by atoms with E-state index in [9.17, 15) is 9.59 Å². The molecule has 7 nitrogen and oxygen atoms in total. The molecule has 1 heterocycles. The Labute approximate surface area is 183 Å². The van der Waals surface area contributed by atoms with Gasteiger partial charge in [-0.15, -0.1) is 0 Å². The monoisotopic (exact) mass is 426 g/mol. The molecule has 0 aromatic heterocycles. The second-order valence-electron chi connectivity index (χ2n) is 7.79. The van der Waals surface area contributed by atoms with Crippen LogP contribution in [0.2, 0.25) is 0 Å². The van der Waals surface area contributed by atoms with Crippen molar-refractivity contribution in [3.63, 3.8) is 0 Å². The van der Waals surface area contributed by atoms with Crippen molar-refractivity contribution in [2.75, 3.05) is 39.7 Å². The van der Waals surface area contributed by atoms with Gasteiger partial charge in [-0.05, 0) is 50.5 Å². The van der Waals surface area contributed by atoms with Crippen LogP contribution >= 0.6 is 0 Å². The van der Waals surface area contributed by atoms with Crippen molar-refractivity contribution in [1.29, 1.82) is 0 Å². The summed E-state index contributed by atoms with van der Waals surface area (Å²) >= 11 is 0. The van der Waals surface area contributed by atoms with Gasteiger partial charge in [0.15, 0.2) is 11.5 Å². The van der Waals surface area contributed by atoms with E-state index < -0.39 is 0 Å². The smallest absolute Gasteiger partial charge is 0.254 e. The van der Waals surface area contributed by atoms with Crippen LogP contribution in [0.5, 0.6) is 17.2 Å². The van der Waals surface area contributed by atoms with Gasteiger partial charge in [-0.25, -0.2) is 0 Å². The van der Waals surface area contributed by atoms with Crippen molar-refractivity contribution in [2.24, 2.45) is 5.92 Å². The number of hydrogen-bond donors (Lipinski definition) is 1. The number of aryl methyl sites for hydroxylation is 2. The Bertz CT molecular complexity index is 939. The van der Waals surface area contributed by atoms with Crippen LogP contribution in [0.3, 0.4) is 0 Å². The average molecular weight is 427 g/mol. The van der Waals surface area contributed by atoms with Gasteiger partial charge in [0.25, 0.3) is 5.91 Å². The molecule has 1 N–H and O–H groups in total. The molecule has 2 amide bonds. The Kier molecular flexibility index (Phi) is 7.05. The largest absolute Gasteiger partial charge is 0.493 e. The average Bonchev–Trinajstić information content (AvgIpc) is 2.79. The van der Waals surface area contributed by atoms with Gasteiger partial charge in [0, 0.05) is 30.3 Å². The van der Waals surface area contributed by atoms with Crippen molar-refractivity contribution in [3.8, 4) is 17.2 Å². The molecule has 0 spiro atoms. The summed E-state index contributed by atoms with van der Waals surface area (Å²) in [6.07, 6.45) is 1.24. The van der Waals surface area contributed by atoms with E-state index in [0.29, 0.717) is 48.7 Å². The molecule has 166 valence electrons. The van der Waals surface area contributed by atoms with Crippen LogP contribution in [-0.4, -0.2) is 51.1 Å². The SMILES string of the molecule is COc1cc(C(=O)N2CCC(C(=O)Nc3ccc(C)cc3C)CC2)cc(OC)c1OC. The number of nitrogens with one attached hydrogen (secondary N) is 1. The lowest BCUT2D eigenvalue weighted by Crippen LogP contribution is -2.41. The highest BCUT2D eigenvalue weighted by molar-refractivity contribution is 5.96. The van der Waals surface area contributed by atoms with Crippen LogP contribution < -0.4 is 19.5 Å². The number of carbonyl (C=O) groups excluding carboxylic acids is 2. The number of hydrogen-bond acceptors (Lipinski definition) is 5. The zero-order chi connectivity index (χ0) is 22.5. The molecule has 0 aliphatic carbocycles. The Morgan fingerprint density at radius 3 is 2.06 bits per heavy atom. The first-order chi connectivity index (χ1) is 14.9. The number of rotatable bonds is 6. The zero-order valence-electron chi connectivity index (χ0n) is 18.8. The maximum Gasteiger partial charge on any atom is 0.254 e. The van der Waals surface area contributed by atoms with E-state index in [2.05, 4.69) is 5.32 Å². The van der Waals surface area contributed by atoms with Crippen LogP contribution in [0.15, 0.2) is 30.3 Å². The minimum atomic E-state index is -0.121. The maximum atomic E-state index is 13.1. The molecule has 31 heavy (non-hydrogen) atoms. The summed E-state index contributed by atoms with van der Waals surface area (Å²) in [5.74, 6) is 1.09. The molecule has 0 radical (unpaired) electrons. The van der Waals surface area contributed by atoms with Gasteiger partial charge in [0.1, 0.15) is 0 Å². The molecular weight excluding hydrogens is 396 g/mol.